The van der Waals surface area contributed by atoms with Crippen LogP contribution in [0.2, 0.25) is 5.02 Å². The van der Waals surface area contributed by atoms with Gasteiger partial charge in [0.25, 0.3) is 0 Å². The molecule has 0 saturated carbocycles. The highest BCUT2D eigenvalue weighted by Crippen LogP contribution is 2.46. The number of aliphatic carboxylic acids is 1. The first-order valence-electron chi connectivity index (χ1n) is 18.4. The maximum atomic E-state index is 15.7. The minimum absolute atomic E-state index is 0.00574. The molecule has 1 aromatic heterocycles. The van der Waals surface area contributed by atoms with Gasteiger partial charge in [0.05, 0.1) is 25.2 Å². The summed E-state index contributed by atoms with van der Waals surface area (Å²) in [5.74, 6) is -2.30. The topological polar surface area (TPSA) is 122 Å². The van der Waals surface area contributed by atoms with Crippen LogP contribution in [0.15, 0.2) is 54.6 Å². The average molecular weight is 797 g/mol. The number of carboxylic acid groups (broad SMARTS) is 1. The van der Waals surface area contributed by atoms with Crippen molar-refractivity contribution in [2.24, 2.45) is 5.92 Å². The second-order valence-electron chi connectivity index (χ2n) is 14.3. The van der Waals surface area contributed by atoms with Gasteiger partial charge < -0.3 is 30.0 Å². The highest BCUT2D eigenvalue weighted by atomic mass is 35.5. The summed E-state index contributed by atoms with van der Waals surface area (Å²) in [6.45, 7) is 1.37. The molecular weight excluding hydrogens is 756 g/mol. The van der Waals surface area contributed by atoms with E-state index in [2.05, 4.69) is 15.6 Å². The highest BCUT2D eigenvalue weighted by Gasteiger charge is 2.39. The lowest BCUT2D eigenvalue weighted by Crippen LogP contribution is -2.35. The van der Waals surface area contributed by atoms with Crippen molar-refractivity contribution in [1.29, 1.82) is 0 Å². The van der Waals surface area contributed by atoms with Crippen LogP contribution in [0.1, 0.15) is 59.6 Å². The Kier molecular flexibility index (Phi) is 11.4. The number of alkyl halides is 3. The second kappa shape index (κ2) is 16.3. The van der Waals surface area contributed by atoms with Crippen molar-refractivity contribution in [1.82, 2.24) is 20.5 Å². The summed E-state index contributed by atoms with van der Waals surface area (Å²) in [4.78, 5) is 29.0. The van der Waals surface area contributed by atoms with Crippen LogP contribution in [0.4, 0.5) is 17.6 Å². The van der Waals surface area contributed by atoms with Crippen LogP contribution >= 0.6 is 11.6 Å². The first-order valence-corrected chi connectivity index (χ1v) is 18.8. The largest absolute Gasteiger partial charge is 0.496 e. The summed E-state index contributed by atoms with van der Waals surface area (Å²) < 4.78 is 76.3. The summed E-state index contributed by atoms with van der Waals surface area (Å²) in [5, 5.41) is 15.8. The van der Waals surface area contributed by atoms with E-state index in [1.165, 1.54) is 20.3 Å². The molecule has 3 heterocycles. The molecule has 10 nitrogen and oxygen atoms in total. The Hall–Kier alpha value is -4.92. The van der Waals surface area contributed by atoms with Crippen LogP contribution in [0.25, 0.3) is 22.3 Å². The predicted octanol–water partition coefficient (Wildman–Crippen LogP) is 7.59. The van der Waals surface area contributed by atoms with E-state index in [1.807, 2.05) is 24.3 Å². The quantitative estimate of drug-likeness (QED) is 0.118. The fraction of sp³-hybridized carbons (Fsp3) is 0.390. The number of pyridine rings is 1. The Morgan fingerprint density at radius 1 is 1.02 bits per heavy atom. The maximum Gasteiger partial charge on any atom is 0.421 e. The van der Waals surface area contributed by atoms with Gasteiger partial charge in [-0.3, -0.25) is 14.5 Å². The van der Waals surface area contributed by atoms with Crippen LogP contribution in [-0.2, 0) is 35.3 Å². The lowest BCUT2D eigenvalue weighted by atomic mass is 9.93. The van der Waals surface area contributed by atoms with Crippen LogP contribution in [0.3, 0.4) is 0 Å². The van der Waals surface area contributed by atoms with Gasteiger partial charge in [0.2, 0.25) is 17.7 Å². The number of rotatable bonds is 13. The summed E-state index contributed by atoms with van der Waals surface area (Å²) in [7, 11) is 2.78. The molecule has 3 aromatic carbocycles. The molecule has 3 atom stereocenters. The Balaban J connectivity index is 1.14. The molecular formula is C41H41ClF4N4O6. The van der Waals surface area contributed by atoms with Gasteiger partial charge in [0, 0.05) is 60.9 Å². The molecule has 15 heteroatoms. The van der Waals surface area contributed by atoms with Crippen molar-refractivity contribution < 1.29 is 46.5 Å². The molecule has 1 aliphatic carbocycles. The number of amides is 1. The number of nitrogens with one attached hydrogen (secondary N) is 2. The Bertz CT molecular complexity index is 2150. The fourth-order valence-electron chi connectivity index (χ4n) is 7.93. The molecule has 296 valence electrons. The second-order valence-corrected chi connectivity index (χ2v) is 14.7. The minimum Gasteiger partial charge on any atom is -0.496 e. The predicted molar refractivity (Wildman–Crippen MR) is 200 cm³/mol. The third-order valence-electron chi connectivity index (χ3n) is 10.8. The van der Waals surface area contributed by atoms with E-state index in [1.54, 1.807) is 23.1 Å². The lowest BCUT2D eigenvalue weighted by Gasteiger charge is -2.22. The number of methoxy groups -OCH3 is 2. The number of hydrogen-bond acceptors (Lipinski definition) is 8. The fourth-order valence-corrected chi connectivity index (χ4v) is 8.27. The Morgan fingerprint density at radius 3 is 2.48 bits per heavy atom. The van der Waals surface area contributed by atoms with E-state index < -0.39 is 41.4 Å². The van der Waals surface area contributed by atoms with E-state index in [0.717, 1.165) is 23.6 Å². The van der Waals surface area contributed by atoms with E-state index >= 15 is 4.39 Å². The molecule has 2 aliphatic heterocycles. The van der Waals surface area contributed by atoms with Crippen molar-refractivity contribution in [2.75, 3.05) is 33.9 Å². The first-order chi connectivity index (χ1) is 26.8. The van der Waals surface area contributed by atoms with E-state index in [0.29, 0.717) is 77.4 Å². The van der Waals surface area contributed by atoms with Crippen molar-refractivity contribution in [3.05, 3.63) is 93.3 Å². The normalized spacial score (nSPS) is 19.6. The first kappa shape index (κ1) is 39.3. The monoisotopic (exact) mass is 796 g/mol. The number of halogens is 5. The van der Waals surface area contributed by atoms with Crippen LogP contribution in [-0.4, -0.2) is 66.8 Å². The average Bonchev–Trinajstić information content (AvgIpc) is 3.92. The van der Waals surface area contributed by atoms with Crippen molar-refractivity contribution in [3.8, 4) is 39.8 Å². The van der Waals surface area contributed by atoms with Gasteiger partial charge in [-0.1, -0.05) is 48.0 Å². The Morgan fingerprint density at radius 2 is 1.79 bits per heavy atom. The molecule has 0 radical (unpaired) electrons. The molecule has 7 rings (SSSR count). The summed E-state index contributed by atoms with van der Waals surface area (Å²) >= 11 is 7.08. The SMILES string of the molecule is COc1cc(-c2cccc(-c3cccc4c3CC[C@@H]4Oc3nc(OC)c(CN4CC[C@@H](C(=O)O)C4)cc3C(F)(F)F)c2Cl)cc(F)c1CNC[C@@H]1CCC(=O)N1. The van der Waals surface area contributed by atoms with E-state index in [-0.39, 0.29) is 43.0 Å². The third kappa shape index (κ3) is 8.14. The zero-order valence-corrected chi connectivity index (χ0v) is 31.5. The van der Waals surface area contributed by atoms with Gasteiger partial charge in [0.1, 0.15) is 23.2 Å². The Labute approximate surface area is 326 Å². The molecule has 56 heavy (non-hydrogen) atoms. The van der Waals surface area contributed by atoms with Crippen molar-refractivity contribution in [3.63, 3.8) is 0 Å². The summed E-state index contributed by atoms with van der Waals surface area (Å²) in [6, 6.07) is 15.0. The maximum absolute atomic E-state index is 15.7. The van der Waals surface area contributed by atoms with Gasteiger partial charge >= 0.3 is 12.1 Å². The van der Waals surface area contributed by atoms with Crippen LogP contribution in [0.5, 0.6) is 17.5 Å². The number of benzene rings is 3. The standard InChI is InChI=1S/C41H41ClF4N4O6/c1-54-35-17-23(16-33(43)31(35)19-47-18-25-9-12-36(51)48-25)26-5-3-8-30(37(26)42)27-6-4-7-29-28(27)10-11-34(29)56-39-32(41(44,45)46)15-24(38(49-39)55-2)21-50-14-13-22(20-50)40(52)53/h3-8,15-17,22,25,34,47H,9-14,18-21H2,1-2H3,(H,48,51)(H,52,53)/t22-,25+,34+/m1/s1. The zero-order chi connectivity index (χ0) is 39.7. The van der Waals surface area contributed by atoms with Gasteiger partial charge in [-0.05, 0) is 72.7 Å². The number of aromatic nitrogens is 1. The minimum atomic E-state index is -4.79. The van der Waals surface area contributed by atoms with Crippen LogP contribution < -0.4 is 24.8 Å². The molecule has 1 amide bonds. The molecule has 3 N–H and O–H groups in total. The summed E-state index contributed by atoms with van der Waals surface area (Å²) in [5.41, 5.74) is 3.54. The summed E-state index contributed by atoms with van der Waals surface area (Å²) in [6.07, 6.45) is -3.08. The third-order valence-corrected chi connectivity index (χ3v) is 11.2. The van der Waals surface area contributed by atoms with Gasteiger partial charge in [0.15, 0.2) is 0 Å². The number of likely N-dealkylation sites (tertiary alicyclic amines) is 1. The number of carboxylic acids is 1. The zero-order valence-electron chi connectivity index (χ0n) is 30.8. The highest BCUT2D eigenvalue weighted by molar-refractivity contribution is 6.36. The van der Waals surface area contributed by atoms with Crippen molar-refractivity contribution >= 4 is 23.5 Å². The van der Waals surface area contributed by atoms with Gasteiger partial charge in [-0.15, -0.1) is 0 Å². The number of nitrogens with zero attached hydrogens (tertiary/aromatic N) is 2. The number of hydrogen-bond donors (Lipinski definition) is 3. The lowest BCUT2D eigenvalue weighted by molar-refractivity contribution is -0.141. The van der Waals surface area contributed by atoms with Crippen molar-refractivity contribution in [2.45, 2.75) is 63.5 Å². The smallest absolute Gasteiger partial charge is 0.421 e. The van der Waals surface area contributed by atoms with E-state index in [4.69, 9.17) is 25.8 Å². The number of fused-ring (bicyclic) bond motifs is 1. The number of ether oxygens (including phenoxy) is 3. The van der Waals surface area contributed by atoms with Gasteiger partial charge in [-0.2, -0.15) is 18.2 Å². The van der Waals surface area contributed by atoms with Crippen LogP contribution in [0, 0.1) is 11.7 Å². The molecule has 0 spiro atoms. The number of carbonyl (C=O) groups excluding carboxylic acids is 1. The molecule has 0 bridgehead atoms. The molecule has 0 unspecified atom stereocenters. The molecule has 3 aliphatic rings. The van der Waals surface area contributed by atoms with E-state index in [9.17, 15) is 27.9 Å². The number of carbonyl (C=O) groups is 2. The molecule has 2 fully saturated rings. The van der Waals surface area contributed by atoms with Gasteiger partial charge in [-0.25, -0.2) is 4.39 Å². The molecule has 2 saturated heterocycles. The molecule has 4 aromatic rings.